The van der Waals surface area contributed by atoms with Crippen LogP contribution in [0.2, 0.25) is 0 Å². The van der Waals surface area contributed by atoms with E-state index in [4.69, 9.17) is 4.74 Å². The first-order valence-corrected chi connectivity index (χ1v) is 4.99. The molecular weight excluding hydrogens is 176 g/mol. The molecule has 0 unspecified atom stereocenters. The second kappa shape index (κ2) is 3.96. The molecule has 2 heterocycles. The van der Waals surface area contributed by atoms with Crippen LogP contribution in [0.25, 0.3) is 0 Å². The number of rotatable bonds is 1. The van der Waals surface area contributed by atoms with Crippen molar-refractivity contribution in [1.82, 2.24) is 4.98 Å². The van der Waals surface area contributed by atoms with Gasteiger partial charge in [-0.3, -0.25) is 0 Å². The highest BCUT2D eigenvalue weighted by Gasteiger charge is 2.22. The molecule has 0 aliphatic carbocycles. The third kappa shape index (κ3) is 2.04. The molecule has 0 spiro atoms. The number of aromatic nitrogens is 1. The maximum Gasteiger partial charge on any atom is 0.129 e. The van der Waals surface area contributed by atoms with Crippen molar-refractivity contribution in [3.63, 3.8) is 0 Å². The number of nitrogens with zero attached hydrogens (tertiary/aromatic N) is 2. The molecule has 1 aromatic rings. The quantitative estimate of drug-likeness (QED) is 0.672. The van der Waals surface area contributed by atoms with Crippen molar-refractivity contribution in [3.05, 3.63) is 24.4 Å². The molecule has 14 heavy (non-hydrogen) atoms. The van der Waals surface area contributed by atoms with E-state index < -0.39 is 0 Å². The van der Waals surface area contributed by atoms with Crippen LogP contribution in [0.3, 0.4) is 0 Å². The summed E-state index contributed by atoms with van der Waals surface area (Å²) in [5, 5.41) is 0. The Morgan fingerprint density at radius 2 is 2.14 bits per heavy atom. The van der Waals surface area contributed by atoms with E-state index >= 15 is 0 Å². The molecule has 2 atom stereocenters. The van der Waals surface area contributed by atoms with Crippen LogP contribution in [-0.2, 0) is 4.74 Å². The number of hydrogen-bond acceptors (Lipinski definition) is 3. The number of ether oxygens (including phenoxy) is 1. The van der Waals surface area contributed by atoms with Gasteiger partial charge in [0.05, 0.1) is 18.4 Å². The van der Waals surface area contributed by atoms with Crippen LogP contribution in [0.1, 0.15) is 13.8 Å². The van der Waals surface area contributed by atoms with Gasteiger partial charge in [0.15, 0.2) is 0 Å². The van der Waals surface area contributed by atoms with Gasteiger partial charge < -0.3 is 9.64 Å². The van der Waals surface area contributed by atoms with Crippen LogP contribution < -0.4 is 4.90 Å². The summed E-state index contributed by atoms with van der Waals surface area (Å²) in [6.07, 6.45) is 3.41. The molecule has 2 rings (SSSR count). The van der Waals surface area contributed by atoms with Crippen molar-refractivity contribution < 1.29 is 4.74 Å². The first-order chi connectivity index (χ1) is 6.75. The topological polar surface area (TPSA) is 25.4 Å². The number of pyridine rings is 1. The largest absolute Gasteiger partial charge is 0.372 e. The van der Waals surface area contributed by atoms with Crippen LogP contribution in [0.4, 0.5) is 5.82 Å². The molecule has 1 saturated heterocycles. The zero-order valence-corrected chi connectivity index (χ0v) is 8.60. The Morgan fingerprint density at radius 1 is 1.43 bits per heavy atom. The minimum atomic E-state index is 0.278. The molecule has 1 fully saturated rings. The van der Waals surface area contributed by atoms with E-state index in [1.165, 1.54) is 0 Å². The van der Waals surface area contributed by atoms with Crippen LogP contribution >= 0.6 is 0 Å². The first-order valence-electron chi connectivity index (χ1n) is 4.99. The Labute approximate surface area is 84.7 Å². The molecule has 1 radical (unpaired) electrons. The molecule has 0 amide bonds. The zero-order chi connectivity index (χ0) is 9.97. The van der Waals surface area contributed by atoms with Crippen LogP contribution in [0.15, 0.2) is 18.2 Å². The molecule has 1 aliphatic heterocycles. The van der Waals surface area contributed by atoms with E-state index in [0.717, 1.165) is 18.9 Å². The van der Waals surface area contributed by atoms with Gasteiger partial charge in [0.1, 0.15) is 5.82 Å². The van der Waals surface area contributed by atoms with Crippen molar-refractivity contribution >= 4 is 5.82 Å². The highest BCUT2D eigenvalue weighted by molar-refractivity contribution is 5.38. The molecule has 0 saturated carbocycles. The fourth-order valence-corrected chi connectivity index (χ4v) is 1.86. The summed E-state index contributed by atoms with van der Waals surface area (Å²) in [5.74, 6) is 0.995. The van der Waals surface area contributed by atoms with E-state index in [-0.39, 0.29) is 12.2 Å². The first kappa shape index (κ1) is 9.46. The summed E-state index contributed by atoms with van der Waals surface area (Å²) in [5.41, 5.74) is 0. The molecule has 3 nitrogen and oxygen atoms in total. The van der Waals surface area contributed by atoms with Crippen molar-refractivity contribution in [3.8, 4) is 0 Å². The van der Waals surface area contributed by atoms with Crippen molar-refractivity contribution in [1.29, 1.82) is 0 Å². The van der Waals surface area contributed by atoms with Crippen molar-refractivity contribution in [2.24, 2.45) is 0 Å². The maximum atomic E-state index is 5.66. The minimum absolute atomic E-state index is 0.278. The lowest BCUT2D eigenvalue weighted by molar-refractivity contribution is -0.00546. The Hall–Kier alpha value is -1.09. The predicted molar refractivity (Wildman–Crippen MR) is 55.3 cm³/mol. The molecule has 1 aliphatic rings. The van der Waals surface area contributed by atoms with E-state index in [2.05, 4.69) is 29.9 Å². The Kier molecular flexibility index (Phi) is 2.68. The third-order valence-electron chi connectivity index (χ3n) is 2.34. The lowest BCUT2D eigenvalue weighted by Crippen LogP contribution is -2.45. The van der Waals surface area contributed by atoms with Gasteiger partial charge in [0, 0.05) is 13.1 Å². The second-order valence-corrected chi connectivity index (χ2v) is 3.79. The van der Waals surface area contributed by atoms with E-state index in [1.54, 1.807) is 0 Å². The molecular formula is C11H15N2O. The average Bonchev–Trinajstić information content (AvgIpc) is 2.18. The highest BCUT2D eigenvalue weighted by Crippen LogP contribution is 2.16. The zero-order valence-electron chi connectivity index (χ0n) is 8.60. The monoisotopic (exact) mass is 191 g/mol. The Morgan fingerprint density at radius 3 is 2.71 bits per heavy atom. The van der Waals surface area contributed by atoms with Gasteiger partial charge in [-0.2, -0.15) is 0 Å². The Bertz CT molecular complexity index is 279. The molecule has 3 heteroatoms. The SMILES string of the molecule is C[C@@H]1CN(c2ccc[c]n2)C[C@H](C)O1. The summed E-state index contributed by atoms with van der Waals surface area (Å²) in [6, 6.07) is 5.80. The normalized spacial score (nSPS) is 27.7. The highest BCUT2D eigenvalue weighted by atomic mass is 16.5. The van der Waals surface area contributed by atoms with E-state index in [0.29, 0.717) is 0 Å². The molecule has 0 aromatic carbocycles. The summed E-state index contributed by atoms with van der Waals surface area (Å²) < 4.78 is 5.66. The van der Waals surface area contributed by atoms with Crippen molar-refractivity contribution in [2.75, 3.05) is 18.0 Å². The van der Waals surface area contributed by atoms with E-state index in [9.17, 15) is 0 Å². The Balaban J connectivity index is 2.11. The maximum absolute atomic E-state index is 5.66. The fraction of sp³-hybridized carbons (Fsp3) is 0.545. The fourth-order valence-electron chi connectivity index (χ4n) is 1.86. The summed E-state index contributed by atoms with van der Waals surface area (Å²) in [4.78, 5) is 6.46. The smallest absolute Gasteiger partial charge is 0.129 e. The number of anilines is 1. The molecule has 1 aromatic heterocycles. The summed E-state index contributed by atoms with van der Waals surface area (Å²) in [6.45, 7) is 6.01. The van der Waals surface area contributed by atoms with Gasteiger partial charge in [-0.25, -0.2) is 4.98 Å². The average molecular weight is 191 g/mol. The summed E-state index contributed by atoms with van der Waals surface area (Å²) >= 11 is 0. The second-order valence-electron chi connectivity index (χ2n) is 3.79. The van der Waals surface area contributed by atoms with E-state index in [1.807, 2.05) is 18.2 Å². The number of hydrogen-bond donors (Lipinski definition) is 0. The lowest BCUT2D eigenvalue weighted by Gasteiger charge is -2.35. The molecule has 75 valence electrons. The van der Waals surface area contributed by atoms with Gasteiger partial charge in [-0.05, 0) is 26.0 Å². The van der Waals surface area contributed by atoms with Gasteiger partial charge >= 0.3 is 0 Å². The van der Waals surface area contributed by atoms with Crippen LogP contribution in [-0.4, -0.2) is 30.3 Å². The predicted octanol–water partition coefficient (Wildman–Crippen LogP) is 1.50. The van der Waals surface area contributed by atoms with Gasteiger partial charge in [0.25, 0.3) is 0 Å². The third-order valence-corrected chi connectivity index (χ3v) is 2.34. The van der Waals surface area contributed by atoms with Gasteiger partial charge in [-0.1, -0.05) is 6.07 Å². The van der Waals surface area contributed by atoms with Gasteiger partial charge in [0.2, 0.25) is 0 Å². The van der Waals surface area contributed by atoms with Crippen molar-refractivity contribution in [2.45, 2.75) is 26.1 Å². The van der Waals surface area contributed by atoms with Crippen LogP contribution in [0.5, 0.6) is 0 Å². The van der Waals surface area contributed by atoms with Gasteiger partial charge in [-0.15, -0.1) is 0 Å². The standard InChI is InChI=1S/C11H15N2O/c1-9-7-13(8-10(2)14-9)11-5-3-4-6-12-11/h3-5,9-10H,7-8H2,1-2H3/t9-,10+. The number of morpholine rings is 1. The molecule has 0 bridgehead atoms. The van der Waals surface area contributed by atoms with Crippen LogP contribution in [0, 0.1) is 6.20 Å². The summed E-state index contributed by atoms with van der Waals surface area (Å²) in [7, 11) is 0. The molecule has 0 N–H and O–H groups in total. The minimum Gasteiger partial charge on any atom is -0.372 e. The lowest BCUT2D eigenvalue weighted by atomic mass is 10.2.